The van der Waals surface area contributed by atoms with Crippen molar-refractivity contribution in [1.82, 2.24) is 44.9 Å². The smallest absolute Gasteiger partial charge is 0.329 e. The van der Waals surface area contributed by atoms with Crippen LogP contribution in [0, 0.1) is 34.9 Å². The Morgan fingerprint density at radius 2 is 0.681 bits per heavy atom. The molecule has 12 heterocycles. The first-order valence-electron chi connectivity index (χ1n) is 36.4. The number of ether oxygens (including phenoxy) is 3. The number of hydrogen-bond donors (Lipinski definition) is 3. The maximum atomic E-state index is 16.3. The van der Waals surface area contributed by atoms with E-state index < -0.39 is 47.0 Å². The quantitative estimate of drug-likeness (QED) is 0.0803. The number of carbonyl (C=O) groups is 3. The highest BCUT2D eigenvalue weighted by Gasteiger charge is 2.39. The highest BCUT2D eigenvalue weighted by molar-refractivity contribution is 7.20. The van der Waals surface area contributed by atoms with E-state index >= 15 is 13.2 Å². The van der Waals surface area contributed by atoms with Crippen LogP contribution in [0.2, 0.25) is 10.0 Å². The number of halogens is 8. The van der Waals surface area contributed by atoms with Crippen LogP contribution < -0.4 is 61.3 Å². The van der Waals surface area contributed by atoms with Gasteiger partial charge < -0.3 is 46.1 Å². The first kappa shape index (κ1) is 78.0. The van der Waals surface area contributed by atoms with Gasteiger partial charge in [-0.25, -0.2) is 85.6 Å². The number of nitrogen functional groups attached to an aromatic ring is 3. The number of benzene rings is 6. The van der Waals surface area contributed by atoms with E-state index in [0.717, 1.165) is 11.2 Å². The molecule has 0 radical (unpaired) electrons. The van der Waals surface area contributed by atoms with E-state index in [4.69, 9.17) is 69.6 Å². The van der Waals surface area contributed by atoms with Gasteiger partial charge in [0.15, 0.2) is 32.8 Å². The second kappa shape index (κ2) is 33.9. The van der Waals surface area contributed by atoms with Crippen LogP contribution >= 0.6 is 57.2 Å². The lowest BCUT2D eigenvalue weighted by Gasteiger charge is -2.26. The van der Waals surface area contributed by atoms with Gasteiger partial charge in [0.05, 0.1) is 104 Å². The average Bonchev–Trinajstić information content (AvgIpc) is 1.61. The fourth-order valence-electron chi connectivity index (χ4n) is 13.9. The van der Waals surface area contributed by atoms with Crippen LogP contribution in [0.1, 0.15) is 0 Å². The second-order valence-electron chi connectivity index (χ2n) is 26.6. The number of nitrogens with zero attached hydrogens (tertiary/aromatic N) is 18. The van der Waals surface area contributed by atoms with Gasteiger partial charge in [-0.3, -0.25) is 29.4 Å². The van der Waals surface area contributed by atoms with Gasteiger partial charge in [-0.1, -0.05) is 93.6 Å². The molecule has 0 spiro atoms. The second-order valence-corrected chi connectivity index (χ2v) is 30.3. The minimum Gasteiger partial charge on any atom is -0.378 e. The molecular weight excluding hydrogens is 1610 g/mol. The number of carbonyl (C=O) groups excluding carboxylic acids is 3. The number of urea groups is 3. The Balaban J connectivity index is 0.000000131. The lowest BCUT2D eigenvalue weighted by atomic mass is 10.1. The van der Waals surface area contributed by atoms with Crippen molar-refractivity contribution in [2.75, 3.05) is 179 Å². The summed E-state index contributed by atoms with van der Waals surface area (Å²) in [6.07, 6.45) is 4.59. The van der Waals surface area contributed by atoms with Gasteiger partial charge in [0.2, 0.25) is 17.8 Å². The monoisotopic (exact) mass is 1670 g/mol. The summed E-state index contributed by atoms with van der Waals surface area (Å²) in [7, 11) is 0. The summed E-state index contributed by atoms with van der Waals surface area (Å²) in [4.78, 5) is 95.7. The predicted molar refractivity (Wildman–Crippen MR) is 437 cm³/mol. The van der Waals surface area contributed by atoms with Gasteiger partial charge in [0.25, 0.3) is 0 Å². The molecule has 6 saturated heterocycles. The zero-order valence-corrected chi connectivity index (χ0v) is 65.1. The van der Waals surface area contributed by atoms with Crippen LogP contribution in [0.3, 0.4) is 0 Å². The Morgan fingerprint density at radius 3 is 1.04 bits per heavy atom. The molecule has 6 aromatic carbocycles. The van der Waals surface area contributed by atoms with Crippen molar-refractivity contribution < 1.29 is 54.9 Å². The SMILES string of the molecule is Nc1nccc(-c2nc(N3CCOCC3)sc2-c2cccc(N3CCN(c4ccc(F)c(Cl)c4)C3=O)c2F)n1.Nc1nccc(-c2nc(N3CCOCC3)sc2-c2cccc(N3CCN(c4ccc(F)cc4)C3=O)c2F)n1.Nc1nccc(-c2nc(N3CCOCC3)sc2-c2cccc(N3CCN(c4ccc(F)cc4Cl)C3=O)c2F)n1. The van der Waals surface area contributed by atoms with Gasteiger partial charge in [-0.2, -0.15) is 0 Å². The van der Waals surface area contributed by atoms with Gasteiger partial charge in [-0.05, 0) is 97.1 Å². The minimum atomic E-state index is -0.579. The number of morpholine rings is 3. The highest BCUT2D eigenvalue weighted by Crippen LogP contribution is 2.48. The molecule has 6 amide bonds. The zero-order valence-electron chi connectivity index (χ0n) is 61.1. The molecule has 12 aromatic rings. The molecular formula is C78H67Cl2F6N21O6S3. The van der Waals surface area contributed by atoms with Gasteiger partial charge in [0, 0.05) is 125 Å². The van der Waals surface area contributed by atoms with Crippen LogP contribution in [-0.4, -0.2) is 181 Å². The van der Waals surface area contributed by atoms with E-state index in [1.807, 2.05) is 0 Å². The summed E-state index contributed by atoms with van der Waals surface area (Å²) < 4.78 is 106. The van der Waals surface area contributed by atoms with Gasteiger partial charge in [0.1, 0.15) is 34.5 Å². The lowest BCUT2D eigenvalue weighted by molar-refractivity contribution is 0.122. The topological polar surface area (TPSA) is 302 Å². The number of rotatable bonds is 15. The summed E-state index contributed by atoms with van der Waals surface area (Å²) in [6, 6.07) is 32.1. The molecule has 0 unspecified atom stereocenters. The molecule has 0 atom stereocenters. The molecule has 594 valence electrons. The van der Waals surface area contributed by atoms with Crippen molar-refractivity contribution in [3.63, 3.8) is 0 Å². The molecule has 6 N–H and O–H groups in total. The van der Waals surface area contributed by atoms with Crippen LogP contribution in [-0.2, 0) is 14.2 Å². The van der Waals surface area contributed by atoms with Crippen molar-refractivity contribution >= 4 is 143 Å². The third kappa shape index (κ3) is 16.0. The Bertz CT molecular complexity index is 5710. The normalized spacial score (nSPS) is 15.9. The summed E-state index contributed by atoms with van der Waals surface area (Å²) in [6.45, 7) is 9.07. The van der Waals surface area contributed by atoms with E-state index in [1.165, 1.54) is 137 Å². The van der Waals surface area contributed by atoms with E-state index in [-0.39, 0.29) is 94.8 Å². The number of aromatic nitrogens is 9. The Hall–Kier alpha value is -11.9. The Kier molecular flexibility index (Phi) is 22.8. The summed E-state index contributed by atoms with van der Waals surface area (Å²) in [5, 5.41) is 2.15. The number of nitrogens with two attached hydrogens (primary N) is 3. The van der Waals surface area contributed by atoms with Crippen molar-refractivity contribution in [3.8, 4) is 65.5 Å². The summed E-state index contributed by atoms with van der Waals surface area (Å²) in [5.74, 6) is -2.90. The van der Waals surface area contributed by atoms with Crippen molar-refractivity contribution in [1.29, 1.82) is 0 Å². The Labute approximate surface area is 680 Å². The Morgan fingerprint density at radius 1 is 0.345 bits per heavy atom. The molecule has 27 nitrogen and oxygen atoms in total. The van der Waals surface area contributed by atoms with Crippen molar-refractivity contribution in [2.45, 2.75) is 0 Å². The van der Waals surface area contributed by atoms with Crippen LogP contribution in [0.4, 0.5) is 108 Å². The standard InChI is InChI=1S/2C26H22ClF2N7O2S.C26H23F2N7O2S/c27-17-14-15(28)4-5-19(17)35-8-9-36(26(35)37)20-3-1-2-16(21(20)29)23-22(18-6-7-31-24(30)32-18)33-25(39-23)34-10-12-38-13-11-34;27-17-14-15(4-5-18(17)28)35-8-9-36(26(35)37)20-3-1-2-16(21(20)29)23-22(19-6-7-31-24(30)32-19)33-25(39-23)34-10-12-38-13-11-34;27-16-4-6-17(7-5-16)34-10-11-35(26(34)36)20-3-1-2-18(21(20)28)23-22(19-8-9-30-24(29)31-19)32-25(38-23)33-12-14-37-15-13-33/h2*1-7,14H,8-13H2,(H2,30,31,32);1-9H,10-15H2,(H2,29,30,31). The number of anilines is 12. The highest BCUT2D eigenvalue weighted by atomic mass is 35.5. The fourth-order valence-corrected chi connectivity index (χ4v) is 17.7. The van der Waals surface area contributed by atoms with E-state index in [2.05, 4.69) is 44.6 Å². The fraction of sp³-hybridized carbons (Fsp3) is 0.231. The number of hydrogen-bond acceptors (Lipinski definition) is 24. The van der Waals surface area contributed by atoms with Crippen molar-refractivity contribution in [3.05, 3.63) is 197 Å². The first-order chi connectivity index (χ1) is 56.3. The predicted octanol–water partition coefficient (Wildman–Crippen LogP) is 14.5. The molecule has 6 aliphatic rings. The van der Waals surface area contributed by atoms with Crippen LogP contribution in [0.5, 0.6) is 0 Å². The lowest BCUT2D eigenvalue weighted by Crippen LogP contribution is -2.36. The van der Waals surface area contributed by atoms with E-state index in [9.17, 15) is 27.6 Å². The summed E-state index contributed by atoms with van der Waals surface area (Å²) in [5.41, 5.74) is 23.0. The van der Waals surface area contributed by atoms with Gasteiger partial charge >= 0.3 is 18.1 Å². The molecule has 6 aliphatic heterocycles. The van der Waals surface area contributed by atoms with Crippen LogP contribution in [0.15, 0.2) is 152 Å². The molecule has 0 aliphatic carbocycles. The minimum absolute atomic E-state index is 0.0794. The molecule has 0 saturated carbocycles. The number of amides is 6. The van der Waals surface area contributed by atoms with E-state index in [0.29, 0.717) is 167 Å². The molecule has 6 fully saturated rings. The number of thiazole rings is 3. The van der Waals surface area contributed by atoms with E-state index in [1.54, 1.807) is 72.8 Å². The average molecular weight is 1680 g/mol. The van der Waals surface area contributed by atoms with Crippen molar-refractivity contribution in [2.24, 2.45) is 0 Å². The molecule has 116 heavy (non-hydrogen) atoms. The third-order valence-corrected chi connectivity index (χ3v) is 23.6. The van der Waals surface area contributed by atoms with Crippen LogP contribution in [0.25, 0.3) is 65.5 Å². The molecule has 18 rings (SSSR count). The molecule has 6 aromatic heterocycles. The maximum absolute atomic E-state index is 16.3. The molecule has 38 heteroatoms. The molecule has 0 bridgehead atoms. The van der Waals surface area contributed by atoms with Gasteiger partial charge in [-0.15, -0.1) is 0 Å². The maximum Gasteiger partial charge on any atom is 0.329 e. The zero-order chi connectivity index (χ0) is 80.4. The summed E-state index contributed by atoms with van der Waals surface area (Å²) >= 11 is 16.1. The largest absolute Gasteiger partial charge is 0.378 e. The first-order valence-corrected chi connectivity index (χ1v) is 39.6. The third-order valence-electron chi connectivity index (χ3n) is 19.6.